The molecule has 0 bridgehead atoms. The summed E-state index contributed by atoms with van der Waals surface area (Å²) < 4.78 is 11.9. The molecule has 5 rings (SSSR count). The Bertz CT molecular complexity index is 1610. The van der Waals surface area contributed by atoms with Crippen LogP contribution >= 0.6 is 23.2 Å². The fraction of sp³-hybridized carbons (Fsp3) is 0.138. The van der Waals surface area contributed by atoms with Gasteiger partial charge in [0.05, 0.1) is 15.6 Å². The van der Waals surface area contributed by atoms with Crippen LogP contribution in [-0.2, 0) is 6.61 Å². The third-order valence-corrected chi connectivity index (χ3v) is 6.68. The normalized spacial score (nSPS) is 11.3. The number of ether oxygens (including phenoxy) is 1. The molecule has 186 valence electrons. The molecule has 0 radical (unpaired) electrons. The predicted octanol–water partition coefficient (Wildman–Crippen LogP) is 8.26. The number of nitrogens with zero attached hydrogens (tertiary/aromatic N) is 2. The second kappa shape index (κ2) is 10.2. The van der Waals surface area contributed by atoms with Gasteiger partial charge in [0, 0.05) is 17.7 Å². The number of pyridine rings is 1. The molecule has 37 heavy (non-hydrogen) atoms. The Hall–Kier alpha value is -3.87. The lowest BCUT2D eigenvalue weighted by Gasteiger charge is -2.12. The van der Waals surface area contributed by atoms with Crippen molar-refractivity contribution in [3.05, 3.63) is 100.0 Å². The van der Waals surface area contributed by atoms with Crippen molar-refractivity contribution in [2.75, 3.05) is 0 Å². The Kier molecular flexibility index (Phi) is 6.87. The molecule has 2 heterocycles. The predicted molar refractivity (Wildman–Crippen MR) is 145 cm³/mol. The first-order chi connectivity index (χ1) is 17.8. The molecule has 2 aromatic heterocycles. The molecule has 0 saturated carbocycles. The van der Waals surface area contributed by atoms with Crippen molar-refractivity contribution in [3.63, 3.8) is 0 Å². The topological polar surface area (TPSA) is 85.5 Å². The molecule has 0 spiro atoms. The second-order valence-electron chi connectivity index (χ2n) is 8.87. The summed E-state index contributed by atoms with van der Waals surface area (Å²) in [6, 6.07) is 20.4. The number of halogens is 2. The summed E-state index contributed by atoms with van der Waals surface area (Å²) in [7, 11) is 0. The maximum Gasteiger partial charge on any atom is 0.354 e. The molecule has 0 unspecified atom stereocenters. The van der Waals surface area contributed by atoms with E-state index in [4.69, 9.17) is 32.5 Å². The molecule has 6 nitrogen and oxygen atoms in total. The largest absolute Gasteiger partial charge is 0.489 e. The van der Waals surface area contributed by atoms with Crippen molar-refractivity contribution in [2.24, 2.45) is 0 Å². The summed E-state index contributed by atoms with van der Waals surface area (Å²) in [4.78, 5) is 15.2. The van der Waals surface area contributed by atoms with Gasteiger partial charge >= 0.3 is 5.97 Å². The molecule has 5 aromatic rings. The maximum absolute atomic E-state index is 11.3. The van der Waals surface area contributed by atoms with Crippen molar-refractivity contribution in [3.8, 4) is 28.1 Å². The van der Waals surface area contributed by atoms with E-state index in [1.165, 1.54) is 6.20 Å². The van der Waals surface area contributed by atoms with Crippen LogP contribution in [0.25, 0.3) is 33.2 Å². The number of aromatic carboxylic acids is 1. The van der Waals surface area contributed by atoms with Crippen LogP contribution in [0, 0.1) is 0 Å². The van der Waals surface area contributed by atoms with Crippen molar-refractivity contribution in [1.82, 2.24) is 10.1 Å². The molecule has 0 fully saturated rings. The van der Waals surface area contributed by atoms with E-state index >= 15 is 0 Å². The number of benzene rings is 3. The van der Waals surface area contributed by atoms with Gasteiger partial charge in [-0.3, -0.25) is 0 Å². The fourth-order valence-corrected chi connectivity index (χ4v) is 4.79. The van der Waals surface area contributed by atoms with Crippen molar-refractivity contribution in [2.45, 2.75) is 26.4 Å². The van der Waals surface area contributed by atoms with Crippen LogP contribution in [0.15, 0.2) is 77.4 Å². The van der Waals surface area contributed by atoms with Crippen LogP contribution in [0.2, 0.25) is 10.0 Å². The summed E-state index contributed by atoms with van der Waals surface area (Å²) in [5.41, 5.74) is 3.68. The van der Waals surface area contributed by atoms with E-state index in [0.717, 1.165) is 33.2 Å². The van der Waals surface area contributed by atoms with Crippen molar-refractivity contribution in [1.29, 1.82) is 0 Å². The summed E-state index contributed by atoms with van der Waals surface area (Å²) in [6.07, 6.45) is 1.50. The number of fused-ring (bicyclic) bond motifs is 1. The Labute approximate surface area is 223 Å². The van der Waals surface area contributed by atoms with Gasteiger partial charge in [-0.25, -0.2) is 9.78 Å². The molecule has 0 aliphatic rings. The number of carbonyl (C=O) groups is 1. The molecule has 0 atom stereocenters. The SMILES string of the molecule is CC(C)c1onc(-c2c(Cl)cccc2Cl)c1COc1ccc2cc(-c3ccnc(C(=O)O)c3)ccc2c1. The van der Waals surface area contributed by atoms with Gasteiger partial charge in [0.25, 0.3) is 0 Å². The summed E-state index contributed by atoms with van der Waals surface area (Å²) >= 11 is 12.9. The van der Waals surface area contributed by atoms with Gasteiger partial charge in [-0.1, -0.05) is 66.5 Å². The Morgan fingerprint density at radius 3 is 2.41 bits per heavy atom. The van der Waals surface area contributed by atoms with Gasteiger partial charge in [-0.05, 0) is 64.4 Å². The van der Waals surface area contributed by atoms with Crippen molar-refractivity contribution >= 4 is 39.9 Å². The van der Waals surface area contributed by atoms with E-state index in [1.807, 2.05) is 50.2 Å². The zero-order valence-corrected chi connectivity index (χ0v) is 21.5. The van der Waals surface area contributed by atoms with Crippen molar-refractivity contribution < 1.29 is 19.2 Å². The average molecular weight is 533 g/mol. The molecular formula is C29H22Cl2N2O4. The highest BCUT2D eigenvalue weighted by molar-refractivity contribution is 6.39. The molecule has 0 saturated heterocycles. The highest BCUT2D eigenvalue weighted by Crippen LogP contribution is 2.39. The van der Waals surface area contributed by atoms with E-state index in [-0.39, 0.29) is 18.2 Å². The second-order valence-corrected chi connectivity index (χ2v) is 9.69. The highest BCUT2D eigenvalue weighted by atomic mass is 35.5. The van der Waals surface area contributed by atoms with Crippen LogP contribution in [0.1, 0.15) is 41.6 Å². The Morgan fingerprint density at radius 2 is 1.68 bits per heavy atom. The van der Waals surface area contributed by atoms with Gasteiger partial charge < -0.3 is 14.4 Å². The van der Waals surface area contributed by atoms with Crippen LogP contribution < -0.4 is 4.74 Å². The number of rotatable bonds is 7. The third kappa shape index (κ3) is 5.03. The number of hydrogen-bond donors (Lipinski definition) is 1. The van der Waals surface area contributed by atoms with Crippen LogP contribution in [-0.4, -0.2) is 21.2 Å². The fourth-order valence-electron chi connectivity index (χ4n) is 4.21. The highest BCUT2D eigenvalue weighted by Gasteiger charge is 2.23. The monoisotopic (exact) mass is 532 g/mol. The third-order valence-electron chi connectivity index (χ3n) is 6.05. The summed E-state index contributed by atoms with van der Waals surface area (Å²) in [5, 5.41) is 16.5. The lowest BCUT2D eigenvalue weighted by molar-refractivity contribution is 0.0690. The zero-order chi connectivity index (χ0) is 26.1. The van der Waals surface area contributed by atoms with Gasteiger partial charge in [0.2, 0.25) is 0 Å². The minimum absolute atomic E-state index is 0.00768. The molecule has 0 amide bonds. The van der Waals surface area contributed by atoms with Crippen LogP contribution in [0.4, 0.5) is 0 Å². The van der Waals surface area contributed by atoms with E-state index in [1.54, 1.807) is 30.3 Å². The van der Waals surface area contributed by atoms with Gasteiger partial charge in [-0.15, -0.1) is 0 Å². The zero-order valence-electron chi connectivity index (χ0n) is 20.0. The smallest absolute Gasteiger partial charge is 0.354 e. The lowest BCUT2D eigenvalue weighted by Crippen LogP contribution is -2.01. The average Bonchev–Trinajstić information content (AvgIpc) is 3.31. The van der Waals surface area contributed by atoms with E-state index < -0.39 is 5.97 Å². The van der Waals surface area contributed by atoms with Crippen LogP contribution in [0.5, 0.6) is 5.75 Å². The maximum atomic E-state index is 11.3. The Morgan fingerprint density at radius 1 is 0.973 bits per heavy atom. The molecule has 3 aromatic carbocycles. The molecule has 8 heteroatoms. The molecule has 1 N–H and O–H groups in total. The first-order valence-electron chi connectivity index (χ1n) is 11.6. The first kappa shape index (κ1) is 24.8. The lowest BCUT2D eigenvalue weighted by atomic mass is 10.0. The van der Waals surface area contributed by atoms with Crippen LogP contribution in [0.3, 0.4) is 0 Å². The summed E-state index contributed by atoms with van der Waals surface area (Å²) in [5.74, 6) is 0.433. The quantitative estimate of drug-likeness (QED) is 0.227. The number of aromatic nitrogens is 2. The summed E-state index contributed by atoms with van der Waals surface area (Å²) in [6.45, 7) is 4.28. The van der Waals surface area contributed by atoms with Gasteiger partial charge in [0.1, 0.15) is 29.5 Å². The van der Waals surface area contributed by atoms with E-state index in [2.05, 4.69) is 10.1 Å². The molecule has 0 aliphatic carbocycles. The van der Waals surface area contributed by atoms with E-state index in [9.17, 15) is 9.90 Å². The minimum Gasteiger partial charge on any atom is -0.489 e. The first-order valence-corrected chi connectivity index (χ1v) is 12.4. The number of carboxylic acids is 1. The standard InChI is InChI=1S/C29H22Cl2N2O4/c1-16(2)28-22(27(33-37-28)26-23(30)4-3-5-24(26)31)15-36-21-9-8-18-12-17(6-7-19(18)13-21)20-10-11-32-25(14-20)29(34)35/h3-14,16H,15H2,1-2H3,(H,34,35). The molecular weight excluding hydrogens is 511 g/mol. The molecule has 0 aliphatic heterocycles. The van der Waals surface area contributed by atoms with Gasteiger partial charge in [-0.2, -0.15) is 0 Å². The number of carboxylic acid groups (broad SMARTS) is 1. The van der Waals surface area contributed by atoms with Gasteiger partial charge in [0.15, 0.2) is 0 Å². The Balaban J connectivity index is 1.43. The van der Waals surface area contributed by atoms with E-state index in [0.29, 0.717) is 27.1 Å². The minimum atomic E-state index is -1.06. The number of hydrogen-bond acceptors (Lipinski definition) is 5.